The fourth-order valence-electron chi connectivity index (χ4n) is 1.64. The van der Waals surface area contributed by atoms with Crippen molar-refractivity contribution in [2.45, 2.75) is 10.1 Å². The summed E-state index contributed by atoms with van der Waals surface area (Å²) in [4.78, 5) is 11.9. The number of hydrogen-bond acceptors (Lipinski definition) is 3. The Balaban J connectivity index is 2.29. The van der Waals surface area contributed by atoms with E-state index in [0.29, 0.717) is 10.5 Å². The summed E-state index contributed by atoms with van der Waals surface area (Å²) in [6.07, 6.45) is 0. The molecule has 0 aliphatic carbocycles. The molecule has 0 aliphatic heterocycles. The normalized spacial score (nSPS) is 12.1. The Bertz CT molecular complexity index is 589. The molecule has 0 heterocycles. The molecule has 0 radical (unpaired) electrons. The van der Waals surface area contributed by atoms with Crippen LogP contribution in [-0.2, 0) is 4.79 Å². The Morgan fingerprint density at radius 2 is 1.89 bits per heavy atom. The van der Waals surface area contributed by atoms with Crippen LogP contribution < -0.4 is 5.73 Å². The van der Waals surface area contributed by atoms with Gasteiger partial charge in [-0.2, -0.15) is 0 Å². The molecule has 2 rings (SSSR count). The summed E-state index contributed by atoms with van der Waals surface area (Å²) in [6, 6.07) is 12.8. The van der Waals surface area contributed by atoms with Crippen molar-refractivity contribution in [1.29, 1.82) is 0 Å². The van der Waals surface area contributed by atoms with Gasteiger partial charge in [-0.3, -0.25) is 4.79 Å². The van der Waals surface area contributed by atoms with Crippen molar-refractivity contribution < 1.29 is 14.3 Å². The molecule has 0 bridgehead atoms. The summed E-state index contributed by atoms with van der Waals surface area (Å²) in [5.41, 5.74) is 6.61. The van der Waals surface area contributed by atoms with Gasteiger partial charge in [-0.05, 0) is 23.8 Å². The number of benzene rings is 2. The van der Waals surface area contributed by atoms with Crippen LogP contribution in [0, 0.1) is 5.82 Å². The van der Waals surface area contributed by atoms with Gasteiger partial charge in [0.1, 0.15) is 11.1 Å². The number of aliphatic carboxylic acids is 1. The van der Waals surface area contributed by atoms with Crippen molar-refractivity contribution in [3.05, 3.63) is 59.9 Å². The van der Waals surface area contributed by atoms with E-state index in [9.17, 15) is 14.3 Å². The van der Waals surface area contributed by atoms with Crippen molar-refractivity contribution in [1.82, 2.24) is 0 Å². The van der Waals surface area contributed by atoms with E-state index in [-0.39, 0.29) is 5.69 Å². The summed E-state index contributed by atoms with van der Waals surface area (Å²) in [5.74, 6) is -1.40. The minimum Gasteiger partial charge on any atom is -0.480 e. The lowest BCUT2D eigenvalue weighted by molar-refractivity contribution is -0.136. The van der Waals surface area contributed by atoms with E-state index in [0.717, 1.165) is 11.8 Å². The number of carbonyl (C=O) groups is 1. The molecule has 5 heteroatoms. The standard InChI is InChI=1S/C14H12FNO2S/c15-10-6-7-12(11(16)8-10)19-13(14(17)18)9-4-2-1-3-5-9/h1-8,13H,16H2,(H,17,18). The van der Waals surface area contributed by atoms with E-state index in [1.165, 1.54) is 18.2 Å². The average Bonchev–Trinajstić information content (AvgIpc) is 2.38. The van der Waals surface area contributed by atoms with E-state index < -0.39 is 17.0 Å². The fourth-order valence-corrected chi connectivity index (χ4v) is 2.63. The molecule has 1 unspecified atom stereocenters. The number of hydrogen-bond donors (Lipinski definition) is 2. The summed E-state index contributed by atoms with van der Waals surface area (Å²) in [5, 5.41) is 8.53. The van der Waals surface area contributed by atoms with E-state index in [2.05, 4.69) is 0 Å². The molecule has 98 valence electrons. The number of carboxylic acid groups (broad SMARTS) is 1. The number of anilines is 1. The first-order chi connectivity index (χ1) is 9.08. The molecule has 0 aromatic heterocycles. The van der Waals surface area contributed by atoms with Gasteiger partial charge >= 0.3 is 5.97 Å². The third-order valence-corrected chi connectivity index (χ3v) is 3.88. The SMILES string of the molecule is Nc1cc(F)ccc1SC(C(=O)O)c1ccccc1. The highest BCUT2D eigenvalue weighted by molar-refractivity contribution is 8.00. The van der Waals surface area contributed by atoms with Crippen molar-refractivity contribution in [3.63, 3.8) is 0 Å². The Morgan fingerprint density at radius 3 is 2.47 bits per heavy atom. The number of nitrogens with two attached hydrogens (primary N) is 1. The monoisotopic (exact) mass is 277 g/mol. The summed E-state index contributed by atoms with van der Waals surface area (Å²) in [7, 11) is 0. The number of carboxylic acids is 1. The Hall–Kier alpha value is -2.01. The van der Waals surface area contributed by atoms with Crippen LogP contribution in [0.25, 0.3) is 0 Å². The van der Waals surface area contributed by atoms with Gasteiger partial charge in [-0.15, -0.1) is 11.8 Å². The summed E-state index contributed by atoms with van der Waals surface area (Å²) >= 11 is 1.09. The molecule has 0 spiro atoms. The van der Waals surface area contributed by atoms with Crippen LogP contribution in [0.5, 0.6) is 0 Å². The van der Waals surface area contributed by atoms with Crippen LogP contribution in [-0.4, -0.2) is 11.1 Å². The molecule has 0 aliphatic rings. The van der Waals surface area contributed by atoms with Crippen molar-refractivity contribution in [2.24, 2.45) is 0 Å². The highest BCUT2D eigenvalue weighted by Crippen LogP contribution is 2.38. The number of thioether (sulfide) groups is 1. The second kappa shape index (κ2) is 5.75. The first-order valence-corrected chi connectivity index (χ1v) is 6.45. The smallest absolute Gasteiger partial charge is 0.321 e. The first-order valence-electron chi connectivity index (χ1n) is 5.57. The zero-order valence-corrected chi connectivity index (χ0v) is 10.7. The van der Waals surface area contributed by atoms with Gasteiger partial charge in [0.2, 0.25) is 0 Å². The maximum Gasteiger partial charge on any atom is 0.321 e. The molecule has 0 saturated heterocycles. The predicted octanol–water partition coefficient (Wildman–Crippen LogP) is 3.33. The third kappa shape index (κ3) is 3.26. The molecule has 1 atom stereocenters. The molecule has 3 nitrogen and oxygen atoms in total. The lowest BCUT2D eigenvalue weighted by atomic mass is 10.1. The topological polar surface area (TPSA) is 63.3 Å². The first kappa shape index (κ1) is 13.4. The predicted molar refractivity (Wildman–Crippen MR) is 73.5 cm³/mol. The Labute approximate surface area is 114 Å². The van der Waals surface area contributed by atoms with E-state index in [4.69, 9.17) is 5.73 Å². The molecule has 19 heavy (non-hydrogen) atoms. The molecule has 2 aromatic rings. The van der Waals surface area contributed by atoms with Crippen LogP contribution in [0.4, 0.5) is 10.1 Å². The van der Waals surface area contributed by atoms with E-state index in [1.54, 1.807) is 24.3 Å². The van der Waals surface area contributed by atoms with Crippen LogP contribution in [0.3, 0.4) is 0 Å². The van der Waals surface area contributed by atoms with E-state index in [1.807, 2.05) is 6.07 Å². The molecular weight excluding hydrogens is 265 g/mol. The number of nitrogen functional groups attached to an aromatic ring is 1. The molecule has 0 saturated carbocycles. The molecule has 0 fully saturated rings. The van der Waals surface area contributed by atoms with Crippen LogP contribution >= 0.6 is 11.8 Å². The van der Waals surface area contributed by atoms with Crippen LogP contribution in [0.2, 0.25) is 0 Å². The molecule has 3 N–H and O–H groups in total. The maximum absolute atomic E-state index is 13.0. The molecular formula is C14H12FNO2S. The van der Waals surface area contributed by atoms with Gasteiger partial charge in [0.15, 0.2) is 0 Å². The highest BCUT2D eigenvalue weighted by atomic mass is 32.2. The van der Waals surface area contributed by atoms with Gasteiger partial charge in [-0.1, -0.05) is 30.3 Å². The molecule has 2 aromatic carbocycles. The third-order valence-electron chi connectivity index (χ3n) is 2.54. The minimum atomic E-state index is -0.958. The van der Waals surface area contributed by atoms with Gasteiger partial charge < -0.3 is 10.8 Å². The Kier molecular flexibility index (Phi) is 4.06. The van der Waals surface area contributed by atoms with Crippen LogP contribution in [0.15, 0.2) is 53.4 Å². The van der Waals surface area contributed by atoms with Crippen molar-refractivity contribution in [2.75, 3.05) is 5.73 Å². The van der Waals surface area contributed by atoms with Gasteiger partial charge in [-0.25, -0.2) is 4.39 Å². The zero-order chi connectivity index (χ0) is 13.8. The second-order valence-corrected chi connectivity index (χ2v) is 5.08. The van der Waals surface area contributed by atoms with Crippen LogP contribution in [0.1, 0.15) is 10.8 Å². The fraction of sp³-hybridized carbons (Fsp3) is 0.0714. The number of halogens is 1. The van der Waals surface area contributed by atoms with E-state index >= 15 is 0 Å². The number of rotatable bonds is 4. The second-order valence-electron chi connectivity index (χ2n) is 3.93. The summed E-state index contributed by atoms with van der Waals surface area (Å²) in [6.45, 7) is 0. The molecule has 0 amide bonds. The van der Waals surface area contributed by atoms with Gasteiger partial charge in [0.25, 0.3) is 0 Å². The quantitative estimate of drug-likeness (QED) is 0.664. The Morgan fingerprint density at radius 1 is 1.21 bits per heavy atom. The maximum atomic E-state index is 13.0. The van der Waals surface area contributed by atoms with Gasteiger partial charge in [0, 0.05) is 10.6 Å². The highest BCUT2D eigenvalue weighted by Gasteiger charge is 2.22. The van der Waals surface area contributed by atoms with Gasteiger partial charge in [0.05, 0.1) is 0 Å². The largest absolute Gasteiger partial charge is 0.480 e. The lowest BCUT2D eigenvalue weighted by Gasteiger charge is -2.13. The average molecular weight is 277 g/mol. The summed E-state index contributed by atoms with van der Waals surface area (Å²) < 4.78 is 13.0. The lowest BCUT2D eigenvalue weighted by Crippen LogP contribution is -2.08. The van der Waals surface area contributed by atoms with Crippen molar-refractivity contribution in [3.8, 4) is 0 Å². The van der Waals surface area contributed by atoms with Crippen molar-refractivity contribution >= 4 is 23.4 Å². The zero-order valence-electron chi connectivity index (χ0n) is 9.92. The minimum absolute atomic E-state index is 0.243.